The number of hydrogen-bond acceptors (Lipinski definition) is 7. The molecule has 0 fully saturated rings. The van der Waals surface area contributed by atoms with Gasteiger partial charge >= 0.3 is 11.9 Å². The van der Waals surface area contributed by atoms with Gasteiger partial charge in [0.1, 0.15) is 0 Å². The number of hydrogen-bond donors (Lipinski definition) is 1. The van der Waals surface area contributed by atoms with Crippen LogP contribution in [0.25, 0.3) is 9.88 Å². The van der Waals surface area contributed by atoms with Gasteiger partial charge in [-0.1, -0.05) is 17.4 Å². The maximum atomic E-state index is 11.2. The molecule has 17 heavy (non-hydrogen) atoms. The lowest BCUT2D eigenvalue weighted by Crippen LogP contribution is -2.23. The van der Waals surface area contributed by atoms with Crippen molar-refractivity contribution in [2.45, 2.75) is 0 Å². The maximum absolute atomic E-state index is 11.2. The molecule has 0 saturated heterocycles. The van der Waals surface area contributed by atoms with E-state index in [1.807, 2.05) is 17.5 Å². The average molecular weight is 269 g/mol. The zero-order valence-corrected chi connectivity index (χ0v) is 10.3. The van der Waals surface area contributed by atoms with Gasteiger partial charge in [-0.2, -0.15) is 0 Å². The zero-order chi connectivity index (χ0) is 12.3. The second-order valence-electron chi connectivity index (χ2n) is 2.84. The highest BCUT2D eigenvalue weighted by Gasteiger charge is 2.16. The fourth-order valence-electron chi connectivity index (χ4n) is 1.01. The number of nitrogens with zero attached hydrogens (tertiary/aromatic N) is 2. The van der Waals surface area contributed by atoms with Crippen LogP contribution in [0.5, 0.6) is 0 Å². The molecule has 2 rings (SSSR count). The van der Waals surface area contributed by atoms with Gasteiger partial charge in [-0.05, 0) is 11.4 Å². The van der Waals surface area contributed by atoms with E-state index in [1.54, 1.807) is 0 Å². The van der Waals surface area contributed by atoms with Crippen LogP contribution in [0.4, 0.5) is 5.13 Å². The smallest absolute Gasteiger partial charge is 0.396 e. The monoisotopic (exact) mass is 269 g/mol. The number of carbonyl (C=O) groups is 2. The summed E-state index contributed by atoms with van der Waals surface area (Å²) in [5.74, 6) is -1.82. The lowest BCUT2D eigenvalue weighted by atomic mass is 10.5. The largest absolute Gasteiger partial charge is 0.462 e. The molecule has 0 aliphatic carbocycles. The third-order valence-electron chi connectivity index (χ3n) is 1.75. The van der Waals surface area contributed by atoms with Gasteiger partial charge in [0.05, 0.1) is 12.0 Å². The maximum Gasteiger partial charge on any atom is 0.396 e. The molecule has 2 aromatic rings. The van der Waals surface area contributed by atoms with Gasteiger partial charge in [-0.25, -0.2) is 4.79 Å². The van der Waals surface area contributed by atoms with E-state index in [4.69, 9.17) is 0 Å². The van der Waals surface area contributed by atoms with Crippen molar-refractivity contribution in [3.63, 3.8) is 0 Å². The second-order valence-corrected chi connectivity index (χ2v) is 4.76. The van der Waals surface area contributed by atoms with Gasteiger partial charge in [0.2, 0.25) is 5.13 Å². The highest BCUT2D eigenvalue weighted by molar-refractivity contribution is 7.23. The van der Waals surface area contributed by atoms with Gasteiger partial charge in [0.15, 0.2) is 5.01 Å². The molecule has 0 radical (unpaired) electrons. The van der Waals surface area contributed by atoms with Crippen LogP contribution in [-0.4, -0.2) is 29.2 Å². The third-order valence-corrected chi connectivity index (χ3v) is 3.63. The number of aromatic nitrogens is 2. The number of carbonyl (C=O) groups excluding carboxylic acids is 2. The molecule has 0 spiro atoms. The first-order valence-electron chi connectivity index (χ1n) is 4.47. The first kappa shape index (κ1) is 11.7. The number of amides is 1. The average Bonchev–Trinajstić information content (AvgIpc) is 2.97. The lowest BCUT2D eigenvalue weighted by molar-refractivity contribution is -0.150. The van der Waals surface area contributed by atoms with Crippen molar-refractivity contribution < 1.29 is 14.3 Å². The summed E-state index contributed by atoms with van der Waals surface area (Å²) in [7, 11) is 1.14. The van der Waals surface area contributed by atoms with E-state index in [2.05, 4.69) is 20.3 Å². The van der Waals surface area contributed by atoms with Crippen molar-refractivity contribution in [3.8, 4) is 9.88 Å². The molecule has 0 aliphatic heterocycles. The molecule has 0 aliphatic rings. The second kappa shape index (κ2) is 5.02. The van der Waals surface area contributed by atoms with E-state index < -0.39 is 11.9 Å². The van der Waals surface area contributed by atoms with E-state index in [9.17, 15) is 9.59 Å². The minimum Gasteiger partial charge on any atom is -0.462 e. The Morgan fingerprint density at radius 2 is 2.24 bits per heavy atom. The van der Waals surface area contributed by atoms with Crippen molar-refractivity contribution >= 4 is 39.7 Å². The third kappa shape index (κ3) is 2.66. The summed E-state index contributed by atoms with van der Waals surface area (Å²) in [5.41, 5.74) is 0. The van der Waals surface area contributed by atoms with Crippen LogP contribution in [0.15, 0.2) is 17.5 Å². The normalized spacial score (nSPS) is 9.94. The summed E-state index contributed by atoms with van der Waals surface area (Å²) >= 11 is 2.72. The Hall–Kier alpha value is -1.80. The molecule has 2 heterocycles. The highest BCUT2D eigenvalue weighted by Crippen LogP contribution is 2.29. The van der Waals surface area contributed by atoms with Crippen molar-refractivity contribution in [3.05, 3.63) is 17.5 Å². The molecule has 6 nitrogen and oxygen atoms in total. The molecule has 1 N–H and O–H groups in total. The van der Waals surface area contributed by atoms with Crippen LogP contribution >= 0.6 is 22.7 Å². The number of nitrogens with one attached hydrogen (secondary N) is 1. The zero-order valence-electron chi connectivity index (χ0n) is 8.67. The van der Waals surface area contributed by atoms with Crippen molar-refractivity contribution in [2.75, 3.05) is 12.4 Å². The first-order chi connectivity index (χ1) is 8.20. The van der Waals surface area contributed by atoms with Gasteiger partial charge in [0.25, 0.3) is 0 Å². The predicted molar refractivity (Wildman–Crippen MR) is 63.9 cm³/mol. The molecule has 0 saturated carbocycles. The van der Waals surface area contributed by atoms with Crippen LogP contribution in [-0.2, 0) is 14.3 Å². The summed E-state index contributed by atoms with van der Waals surface area (Å²) in [6.07, 6.45) is 0. The SMILES string of the molecule is COC(=O)C(=O)Nc1nnc(-c2cccs2)s1. The fourth-order valence-corrected chi connectivity index (χ4v) is 2.55. The molecule has 0 bridgehead atoms. The lowest BCUT2D eigenvalue weighted by Gasteiger charge is -1.96. The quantitative estimate of drug-likeness (QED) is 0.658. The Kier molecular flexibility index (Phi) is 3.45. The van der Waals surface area contributed by atoms with E-state index in [0.717, 1.165) is 12.0 Å². The Labute approximate surface area is 104 Å². The number of methoxy groups -OCH3 is 1. The molecule has 0 unspecified atom stereocenters. The Morgan fingerprint density at radius 3 is 2.88 bits per heavy atom. The minimum atomic E-state index is -0.960. The standard InChI is InChI=1S/C9H7N3O3S2/c1-15-8(14)6(13)10-9-12-11-7(17-9)5-3-2-4-16-5/h2-4H,1H3,(H,10,12,13). The number of ether oxygens (including phenoxy) is 1. The van der Waals surface area contributed by atoms with Crippen LogP contribution in [0.1, 0.15) is 0 Å². The fraction of sp³-hybridized carbons (Fsp3) is 0.111. The number of thiophene rings is 1. The summed E-state index contributed by atoms with van der Waals surface area (Å²) < 4.78 is 4.27. The van der Waals surface area contributed by atoms with Crippen molar-refractivity contribution in [2.24, 2.45) is 0 Å². The molecule has 2 aromatic heterocycles. The molecule has 1 amide bonds. The first-order valence-corrected chi connectivity index (χ1v) is 6.17. The van der Waals surface area contributed by atoms with Crippen LogP contribution < -0.4 is 5.32 Å². The Bertz CT molecular complexity index is 535. The highest BCUT2D eigenvalue weighted by atomic mass is 32.1. The van der Waals surface area contributed by atoms with E-state index >= 15 is 0 Å². The number of rotatable bonds is 2. The number of esters is 1. The molecular weight excluding hydrogens is 262 g/mol. The summed E-state index contributed by atoms with van der Waals surface area (Å²) in [6.45, 7) is 0. The summed E-state index contributed by atoms with van der Waals surface area (Å²) in [4.78, 5) is 23.0. The van der Waals surface area contributed by atoms with Gasteiger partial charge in [-0.3, -0.25) is 10.1 Å². The summed E-state index contributed by atoms with van der Waals surface area (Å²) in [5, 5.41) is 12.9. The summed E-state index contributed by atoms with van der Waals surface area (Å²) in [6, 6.07) is 3.80. The van der Waals surface area contributed by atoms with E-state index in [-0.39, 0.29) is 5.13 Å². The van der Waals surface area contributed by atoms with Gasteiger partial charge in [0, 0.05) is 0 Å². The minimum absolute atomic E-state index is 0.267. The Morgan fingerprint density at radius 1 is 1.41 bits per heavy atom. The van der Waals surface area contributed by atoms with E-state index in [0.29, 0.717) is 5.01 Å². The molecule has 88 valence electrons. The van der Waals surface area contributed by atoms with Crippen molar-refractivity contribution in [1.29, 1.82) is 0 Å². The van der Waals surface area contributed by atoms with Crippen LogP contribution in [0.3, 0.4) is 0 Å². The van der Waals surface area contributed by atoms with Crippen LogP contribution in [0.2, 0.25) is 0 Å². The van der Waals surface area contributed by atoms with E-state index in [1.165, 1.54) is 22.7 Å². The molecule has 0 atom stereocenters. The predicted octanol–water partition coefficient (Wildman–Crippen LogP) is 1.38. The molecular formula is C9H7N3O3S2. The molecule has 8 heteroatoms. The van der Waals surface area contributed by atoms with Gasteiger partial charge in [-0.15, -0.1) is 21.5 Å². The molecule has 0 aromatic carbocycles. The number of anilines is 1. The van der Waals surface area contributed by atoms with Gasteiger partial charge < -0.3 is 4.74 Å². The topological polar surface area (TPSA) is 81.2 Å². The van der Waals surface area contributed by atoms with Crippen LogP contribution in [0, 0.1) is 0 Å². The Balaban J connectivity index is 2.09. The van der Waals surface area contributed by atoms with Crippen molar-refractivity contribution in [1.82, 2.24) is 10.2 Å².